The monoisotopic (exact) mass is 212 g/mol. The van der Waals surface area contributed by atoms with E-state index >= 15 is 0 Å². The Morgan fingerprint density at radius 3 is 1.93 bits per heavy atom. The van der Waals surface area contributed by atoms with E-state index in [0.29, 0.717) is 0 Å². The predicted octanol–water partition coefficient (Wildman–Crippen LogP) is 2.05. The van der Waals surface area contributed by atoms with Crippen molar-refractivity contribution in [3.63, 3.8) is 0 Å². The molecule has 0 bridgehead atoms. The molecule has 0 aromatic carbocycles. The molecular formula is C11H16O4. The molecule has 4 heteroatoms. The molecular weight excluding hydrogens is 196 g/mol. The molecule has 84 valence electrons. The van der Waals surface area contributed by atoms with Crippen LogP contribution in [0.25, 0.3) is 0 Å². The van der Waals surface area contributed by atoms with Crippen LogP contribution in [0.1, 0.15) is 38.5 Å². The third-order valence-electron chi connectivity index (χ3n) is 2.82. The van der Waals surface area contributed by atoms with Crippen LogP contribution in [0, 0.1) is 5.92 Å². The Kier molecular flexibility index (Phi) is 4.34. The maximum absolute atomic E-state index is 10.9. The highest BCUT2D eigenvalue weighted by Crippen LogP contribution is 2.28. The van der Waals surface area contributed by atoms with Gasteiger partial charge in [0.25, 0.3) is 0 Å². The molecule has 2 N–H and O–H groups in total. The van der Waals surface area contributed by atoms with Crippen LogP contribution in [0.2, 0.25) is 0 Å². The first-order valence-electron chi connectivity index (χ1n) is 5.29. The summed E-state index contributed by atoms with van der Waals surface area (Å²) in [6.45, 7) is 0. The summed E-state index contributed by atoms with van der Waals surface area (Å²) in [5.41, 5.74) is 0.0596. The van der Waals surface area contributed by atoms with E-state index in [1.807, 2.05) is 0 Å². The summed E-state index contributed by atoms with van der Waals surface area (Å²) in [6.07, 6.45) is 6.67. The van der Waals surface area contributed by atoms with E-state index in [0.717, 1.165) is 44.6 Å². The van der Waals surface area contributed by atoms with E-state index < -0.39 is 11.9 Å². The third-order valence-corrected chi connectivity index (χ3v) is 2.82. The predicted molar refractivity (Wildman–Crippen MR) is 54.5 cm³/mol. The second-order valence-electron chi connectivity index (χ2n) is 3.93. The van der Waals surface area contributed by atoms with E-state index in [1.165, 1.54) is 0 Å². The van der Waals surface area contributed by atoms with Gasteiger partial charge in [-0.1, -0.05) is 25.7 Å². The lowest BCUT2D eigenvalue weighted by Crippen LogP contribution is -2.14. The summed E-state index contributed by atoms with van der Waals surface area (Å²) in [5.74, 6) is -2.35. The molecule has 4 nitrogen and oxygen atoms in total. The number of carbonyl (C=O) groups is 2. The van der Waals surface area contributed by atoms with E-state index in [1.54, 1.807) is 0 Å². The van der Waals surface area contributed by atoms with Crippen LogP contribution in [-0.4, -0.2) is 22.2 Å². The zero-order valence-electron chi connectivity index (χ0n) is 8.61. The molecule has 0 aromatic heterocycles. The maximum Gasteiger partial charge on any atom is 0.332 e. The molecule has 0 saturated heterocycles. The molecule has 0 atom stereocenters. The number of hydrogen-bond acceptors (Lipinski definition) is 2. The van der Waals surface area contributed by atoms with Crippen LogP contribution in [0.15, 0.2) is 11.6 Å². The van der Waals surface area contributed by atoms with Crippen LogP contribution in [0.4, 0.5) is 0 Å². The molecule has 0 spiro atoms. The average Bonchev–Trinajstić information content (AvgIpc) is 2.41. The highest BCUT2D eigenvalue weighted by atomic mass is 16.4. The smallest absolute Gasteiger partial charge is 0.332 e. The van der Waals surface area contributed by atoms with Gasteiger partial charge in [0.15, 0.2) is 0 Å². The first kappa shape index (κ1) is 11.8. The fourth-order valence-electron chi connectivity index (χ4n) is 2.08. The van der Waals surface area contributed by atoms with Gasteiger partial charge < -0.3 is 10.2 Å². The lowest BCUT2D eigenvalue weighted by atomic mass is 9.91. The highest BCUT2D eigenvalue weighted by molar-refractivity contribution is 5.95. The van der Waals surface area contributed by atoms with Gasteiger partial charge in [-0.2, -0.15) is 0 Å². The summed E-state index contributed by atoms with van der Waals surface area (Å²) in [4.78, 5) is 21.4. The number of aliphatic carboxylic acids is 2. The minimum absolute atomic E-state index is 0.0596. The second-order valence-corrected chi connectivity index (χ2v) is 3.93. The molecule has 1 fully saturated rings. The SMILES string of the molecule is O=C(O)/C=C(/C(=O)O)C1CCCCCC1. The van der Waals surface area contributed by atoms with Gasteiger partial charge in [-0.25, -0.2) is 9.59 Å². The highest BCUT2D eigenvalue weighted by Gasteiger charge is 2.22. The van der Waals surface area contributed by atoms with Crippen molar-refractivity contribution in [2.75, 3.05) is 0 Å². The molecule has 0 aliphatic heterocycles. The number of carboxylic acids is 2. The van der Waals surface area contributed by atoms with Crippen LogP contribution in [-0.2, 0) is 9.59 Å². The van der Waals surface area contributed by atoms with Crippen LogP contribution < -0.4 is 0 Å². The Morgan fingerprint density at radius 2 is 1.53 bits per heavy atom. The van der Waals surface area contributed by atoms with Gasteiger partial charge in [0.2, 0.25) is 0 Å². The fraction of sp³-hybridized carbons (Fsp3) is 0.636. The van der Waals surface area contributed by atoms with Gasteiger partial charge >= 0.3 is 11.9 Å². The third kappa shape index (κ3) is 3.73. The van der Waals surface area contributed by atoms with Gasteiger partial charge in [-0.15, -0.1) is 0 Å². The standard InChI is InChI=1S/C11H16O4/c12-10(13)7-9(11(14)15)8-5-3-1-2-4-6-8/h7-8H,1-6H2,(H,12,13)(H,14,15)/b9-7+. The first-order chi connectivity index (χ1) is 7.11. The van der Waals surface area contributed by atoms with Gasteiger partial charge in [0, 0.05) is 11.6 Å². The summed E-state index contributed by atoms with van der Waals surface area (Å²) in [5, 5.41) is 17.5. The minimum Gasteiger partial charge on any atom is -0.478 e. The first-order valence-corrected chi connectivity index (χ1v) is 5.29. The zero-order chi connectivity index (χ0) is 11.3. The van der Waals surface area contributed by atoms with Crippen molar-refractivity contribution in [2.45, 2.75) is 38.5 Å². The zero-order valence-corrected chi connectivity index (χ0v) is 8.61. The van der Waals surface area contributed by atoms with Crippen molar-refractivity contribution >= 4 is 11.9 Å². The lowest BCUT2D eigenvalue weighted by molar-refractivity contribution is -0.135. The normalized spacial score (nSPS) is 19.6. The Hall–Kier alpha value is -1.32. The molecule has 0 heterocycles. The minimum atomic E-state index is -1.17. The van der Waals surface area contributed by atoms with Crippen molar-refractivity contribution in [2.24, 2.45) is 5.92 Å². The van der Waals surface area contributed by atoms with Crippen LogP contribution >= 0.6 is 0 Å². The lowest BCUT2D eigenvalue weighted by Gasteiger charge is -2.13. The average molecular weight is 212 g/mol. The van der Waals surface area contributed by atoms with Gasteiger partial charge in [-0.05, 0) is 18.8 Å². The van der Waals surface area contributed by atoms with Gasteiger partial charge in [0.05, 0.1) is 0 Å². The maximum atomic E-state index is 10.9. The quantitative estimate of drug-likeness (QED) is 0.554. The Morgan fingerprint density at radius 1 is 1.00 bits per heavy atom. The summed E-state index contributed by atoms with van der Waals surface area (Å²) in [7, 11) is 0. The summed E-state index contributed by atoms with van der Waals surface area (Å²) < 4.78 is 0. The van der Waals surface area contributed by atoms with Crippen molar-refractivity contribution in [1.82, 2.24) is 0 Å². The number of rotatable bonds is 3. The summed E-state index contributed by atoms with van der Waals surface area (Å²) >= 11 is 0. The molecule has 15 heavy (non-hydrogen) atoms. The Bertz CT molecular complexity index is 272. The van der Waals surface area contributed by atoms with E-state index in [9.17, 15) is 9.59 Å². The largest absolute Gasteiger partial charge is 0.478 e. The fourth-order valence-corrected chi connectivity index (χ4v) is 2.08. The molecule has 1 rings (SSSR count). The van der Waals surface area contributed by atoms with E-state index in [2.05, 4.69) is 0 Å². The summed E-state index contributed by atoms with van der Waals surface area (Å²) in [6, 6.07) is 0. The molecule has 1 aliphatic rings. The molecule has 0 aromatic rings. The molecule has 1 saturated carbocycles. The Balaban J connectivity index is 2.78. The second kappa shape index (κ2) is 5.53. The van der Waals surface area contributed by atoms with Crippen LogP contribution in [0.5, 0.6) is 0 Å². The topological polar surface area (TPSA) is 74.6 Å². The molecule has 0 amide bonds. The number of carboxylic acid groups (broad SMARTS) is 2. The van der Waals surface area contributed by atoms with Crippen molar-refractivity contribution in [1.29, 1.82) is 0 Å². The van der Waals surface area contributed by atoms with E-state index in [-0.39, 0.29) is 11.5 Å². The van der Waals surface area contributed by atoms with Gasteiger partial charge in [0.1, 0.15) is 0 Å². The molecule has 0 radical (unpaired) electrons. The molecule has 1 aliphatic carbocycles. The van der Waals surface area contributed by atoms with Crippen molar-refractivity contribution < 1.29 is 19.8 Å². The van der Waals surface area contributed by atoms with E-state index in [4.69, 9.17) is 10.2 Å². The Labute approximate surface area is 88.6 Å². The van der Waals surface area contributed by atoms with Crippen LogP contribution in [0.3, 0.4) is 0 Å². The van der Waals surface area contributed by atoms with Crippen molar-refractivity contribution in [3.8, 4) is 0 Å². The van der Waals surface area contributed by atoms with Gasteiger partial charge in [-0.3, -0.25) is 0 Å². The molecule has 0 unspecified atom stereocenters. The van der Waals surface area contributed by atoms with Crippen molar-refractivity contribution in [3.05, 3.63) is 11.6 Å². The number of hydrogen-bond donors (Lipinski definition) is 2.